The lowest BCUT2D eigenvalue weighted by atomic mass is 9.95. The molecule has 2 N–H and O–H groups in total. The molecule has 1 unspecified atom stereocenters. The number of benzene rings is 4. The number of carboxylic acids is 1. The van der Waals surface area contributed by atoms with Gasteiger partial charge in [0.05, 0.1) is 19.8 Å². The van der Waals surface area contributed by atoms with Crippen LogP contribution in [0.4, 0.5) is 0 Å². The Kier molecular flexibility index (Phi) is 11.6. The highest BCUT2D eigenvalue weighted by molar-refractivity contribution is 6.01. The summed E-state index contributed by atoms with van der Waals surface area (Å²) in [6, 6.07) is 27.2. The first-order chi connectivity index (χ1) is 20.5. The van der Waals surface area contributed by atoms with Gasteiger partial charge in [0.15, 0.2) is 18.7 Å². The van der Waals surface area contributed by atoms with E-state index in [1.54, 1.807) is 14.0 Å². The Labute approximate surface area is 246 Å². The summed E-state index contributed by atoms with van der Waals surface area (Å²) < 4.78 is 21.4. The number of ether oxygens (including phenoxy) is 4. The second-order valence-corrected chi connectivity index (χ2v) is 9.75. The average Bonchev–Trinajstić information content (AvgIpc) is 3.01. The molecule has 0 fully saturated rings. The highest BCUT2D eigenvalue weighted by atomic mass is 16.7. The van der Waals surface area contributed by atoms with Crippen molar-refractivity contribution in [1.29, 1.82) is 0 Å². The van der Waals surface area contributed by atoms with E-state index in [4.69, 9.17) is 18.9 Å². The molecule has 0 heterocycles. The van der Waals surface area contributed by atoms with Crippen LogP contribution in [0.5, 0.6) is 5.75 Å². The van der Waals surface area contributed by atoms with Gasteiger partial charge in [0.25, 0.3) is 0 Å². The van der Waals surface area contributed by atoms with E-state index in [1.165, 1.54) is 0 Å². The van der Waals surface area contributed by atoms with Crippen LogP contribution in [0.3, 0.4) is 0 Å². The van der Waals surface area contributed by atoms with Crippen molar-refractivity contribution in [2.75, 3.05) is 40.3 Å². The maximum atomic E-state index is 13.1. The van der Waals surface area contributed by atoms with Crippen molar-refractivity contribution >= 4 is 22.5 Å². The van der Waals surface area contributed by atoms with Crippen LogP contribution in [-0.4, -0.2) is 63.2 Å². The van der Waals surface area contributed by atoms with Crippen LogP contribution in [0.25, 0.3) is 21.9 Å². The third-order valence-electron chi connectivity index (χ3n) is 6.84. The van der Waals surface area contributed by atoms with Crippen molar-refractivity contribution in [3.05, 3.63) is 102 Å². The molecule has 0 bridgehead atoms. The number of hydrogen-bond donors (Lipinski definition) is 2. The summed E-state index contributed by atoms with van der Waals surface area (Å²) >= 11 is 0. The number of carbonyl (C=O) groups is 2. The van der Waals surface area contributed by atoms with E-state index in [0.717, 1.165) is 33.0 Å². The maximum Gasteiger partial charge on any atom is 0.333 e. The quantitative estimate of drug-likeness (QED) is 0.0972. The van der Waals surface area contributed by atoms with Crippen molar-refractivity contribution in [2.45, 2.75) is 26.0 Å². The molecule has 4 aromatic rings. The van der Waals surface area contributed by atoms with Gasteiger partial charge < -0.3 is 29.4 Å². The fourth-order valence-corrected chi connectivity index (χ4v) is 4.63. The molecule has 8 heteroatoms. The summed E-state index contributed by atoms with van der Waals surface area (Å²) in [4.78, 5) is 24.8. The summed E-state index contributed by atoms with van der Waals surface area (Å²) in [5.41, 5.74) is 4.47. The van der Waals surface area contributed by atoms with Gasteiger partial charge in [0.2, 0.25) is 0 Å². The zero-order valence-electron chi connectivity index (χ0n) is 24.0. The molecule has 8 nitrogen and oxygen atoms in total. The van der Waals surface area contributed by atoms with E-state index in [1.807, 2.05) is 84.9 Å². The number of Topliss-reactive ketones (excluding diaryl/α,β-unsaturated/α-hetero) is 1. The van der Waals surface area contributed by atoms with E-state index >= 15 is 0 Å². The lowest BCUT2D eigenvalue weighted by molar-refractivity contribution is -0.149. The third kappa shape index (κ3) is 8.71. The molecule has 4 rings (SSSR count). The Bertz CT molecular complexity index is 1470. The Balaban J connectivity index is 1.42. The molecule has 0 spiro atoms. The Morgan fingerprint density at radius 1 is 0.857 bits per heavy atom. The van der Waals surface area contributed by atoms with Crippen LogP contribution in [-0.2, 0) is 32.0 Å². The van der Waals surface area contributed by atoms with Crippen LogP contribution in [0.1, 0.15) is 28.4 Å². The number of aliphatic carboxylic acids is 1. The van der Waals surface area contributed by atoms with Crippen molar-refractivity contribution in [2.24, 2.45) is 0 Å². The van der Waals surface area contributed by atoms with Crippen LogP contribution in [0, 0.1) is 0 Å². The molecule has 0 saturated heterocycles. The normalized spacial score (nSPS) is 11.9. The van der Waals surface area contributed by atoms with Gasteiger partial charge in [-0.2, -0.15) is 0 Å². The van der Waals surface area contributed by atoms with Gasteiger partial charge in [-0.25, -0.2) is 4.79 Å². The maximum absolute atomic E-state index is 13.1. The monoisotopic (exact) mass is 571 g/mol. The van der Waals surface area contributed by atoms with Gasteiger partial charge in [-0.15, -0.1) is 0 Å². The van der Waals surface area contributed by atoms with Gasteiger partial charge in [0, 0.05) is 32.2 Å². The van der Waals surface area contributed by atoms with E-state index in [-0.39, 0.29) is 25.5 Å². The van der Waals surface area contributed by atoms with E-state index < -0.39 is 12.1 Å². The minimum atomic E-state index is -0.997. The number of ketones is 1. The van der Waals surface area contributed by atoms with Gasteiger partial charge in [-0.3, -0.25) is 4.79 Å². The number of methoxy groups -OCH3 is 1. The van der Waals surface area contributed by atoms with Crippen LogP contribution in [0.2, 0.25) is 0 Å². The number of fused-ring (bicyclic) bond motifs is 1. The van der Waals surface area contributed by atoms with Gasteiger partial charge in [-0.1, -0.05) is 60.7 Å². The molecule has 0 aliphatic carbocycles. The van der Waals surface area contributed by atoms with Gasteiger partial charge in [0.1, 0.15) is 5.75 Å². The molecule has 4 aromatic carbocycles. The Hall–Kier alpha value is -4.08. The molecule has 42 heavy (non-hydrogen) atoms. The van der Waals surface area contributed by atoms with Crippen LogP contribution in [0.15, 0.2) is 84.9 Å². The summed E-state index contributed by atoms with van der Waals surface area (Å²) in [5, 5.41) is 14.8. The number of carbonyl (C=O) groups excluding carboxylic acids is 1. The predicted molar refractivity (Wildman–Crippen MR) is 162 cm³/mol. The average molecular weight is 572 g/mol. The Morgan fingerprint density at radius 3 is 2.40 bits per heavy atom. The lowest BCUT2D eigenvalue weighted by Gasteiger charge is -2.17. The summed E-state index contributed by atoms with van der Waals surface area (Å²) in [6.07, 6.45) is -0.705. The molecule has 0 aromatic heterocycles. The van der Waals surface area contributed by atoms with Crippen molar-refractivity contribution in [1.82, 2.24) is 5.32 Å². The molecule has 1 atom stereocenters. The van der Waals surface area contributed by atoms with Gasteiger partial charge >= 0.3 is 5.97 Å². The molecule has 0 radical (unpaired) electrons. The number of carboxylic acid groups (broad SMARTS) is 1. The molecule has 0 aliphatic heterocycles. The minimum absolute atomic E-state index is 0.0396. The topological polar surface area (TPSA) is 103 Å². The SMILES string of the molecule is CCOC(Cc1ccc(-c2ccccc2)cc1CNCC(=O)c1ccc2cc(OCOCCOC)ccc2c1)C(=O)O. The zero-order chi connectivity index (χ0) is 29.7. The Morgan fingerprint density at radius 2 is 1.64 bits per heavy atom. The molecule has 0 amide bonds. The minimum Gasteiger partial charge on any atom is -0.479 e. The molecule has 220 valence electrons. The molecular formula is C34H37NO7. The molecule has 0 saturated carbocycles. The second kappa shape index (κ2) is 15.8. The smallest absolute Gasteiger partial charge is 0.333 e. The third-order valence-corrected chi connectivity index (χ3v) is 6.84. The van der Waals surface area contributed by atoms with E-state index in [2.05, 4.69) is 5.32 Å². The second-order valence-electron chi connectivity index (χ2n) is 9.75. The summed E-state index contributed by atoms with van der Waals surface area (Å²) in [5.74, 6) is -0.352. The van der Waals surface area contributed by atoms with Crippen LogP contribution < -0.4 is 10.1 Å². The highest BCUT2D eigenvalue weighted by Crippen LogP contribution is 2.25. The predicted octanol–water partition coefficient (Wildman–Crippen LogP) is 5.51. The fraction of sp³-hybridized carbons (Fsp3) is 0.294. The first kappa shape index (κ1) is 30.9. The van der Waals surface area contributed by atoms with Crippen molar-refractivity contribution < 1.29 is 33.6 Å². The molecular weight excluding hydrogens is 534 g/mol. The lowest BCUT2D eigenvalue weighted by Crippen LogP contribution is -2.28. The highest BCUT2D eigenvalue weighted by Gasteiger charge is 2.20. The standard InChI is InChI=1S/C34H37NO7/c1-3-41-33(34(37)38)20-28-10-9-25(24-7-5-4-6-8-24)18-30(28)21-35-22-32(36)29-12-11-27-19-31(14-13-26(27)17-29)42-23-40-16-15-39-2/h4-14,17-19,33,35H,3,15-16,20-23H2,1-2H3,(H,37,38). The van der Waals surface area contributed by atoms with Crippen molar-refractivity contribution in [3.63, 3.8) is 0 Å². The van der Waals surface area contributed by atoms with E-state index in [0.29, 0.717) is 37.7 Å². The number of hydrogen-bond acceptors (Lipinski definition) is 7. The first-order valence-electron chi connectivity index (χ1n) is 14.0. The van der Waals surface area contributed by atoms with Crippen LogP contribution >= 0.6 is 0 Å². The zero-order valence-corrected chi connectivity index (χ0v) is 24.0. The van der Waals surface area contributed by atoms with E-state index in [9.17, 15) is 14.7 Å². The number of nitrogens with one attached hydrogen (secondary N) is 1. The summed E-state index contributed by atoms with van der Waals surface area (Å²) in [6.45, 7) is 3.73. The number of rotatable bonds is 17. The fourth-order valence-electron chi connectivity index (χ4n) is 4.63. The van der Waals surface area contributed by atoms with Gasteiger partial charge in [-0.05, 0) is 64.2 Å². The first-order valence-corrected chi connectivity index (χ1v) is 14.0. The summed E-state index contributed by atoms with van der Waals surface area (Å²) in [7, 11) is 1.62. The van der Waals surface area contributed by atoms with Crippen molar-refractivity contribution in [3.8, 4) is 16.9 Å². The largest absolute Gasteiger partial charge is 0.479 e. The molecule has 0 aliphatic rings.